The molecule has 15 heavy (non-hydrogen) atoms. The zero-order valence-corrected chi connectivity index (χ0v) is 9.84. The molecule has 0 amide bonds. The molecule has 0 radical (unpaired) electrons. The lowest BCUT2D eigenvalue weighted by Crippen LogP contribution is -2.27. The van der Waals surface area contributed by atoms with E-state index in [0.29, 0.717) is 0 Å². The van der Waals surface area contributed by atoms with Gasteiger partial charge in [0.1, 0.15) is 5.02 Å². The van der Waals surface area contributed by atoms with Crippen molar-refractivity contribution < 1.29 is 0 Å². The van der Waals surface area contributed by atoms with E-state index in [2.05, 4.69) is 28.9 Å². The molecule has 0 saturated heterocycles. The number of aromatic nitrogens is 2. The quantitative estimate of drug-likeness (QED) is 0.841. The Morgan fingerprint density at radius 3 is 2.53 bits per heavy atom. The van der Waals surface area contributed by atoms with Gasteiger partial charge in [0.2, 0.25) is 0 Å². The topological polar surface area (TPSA) is 49.0 Å². The zero-order chi connectivity index (χ0) is 11.3. The molecule has 1 N–H and O–H groups in total. The van der Waals surface area contributed by atoms with Gasteiger partial charge in [-0.25, -0.2) is 5.10 Å². The highest BCUT2D eigenvalue weighted by atomic mass is 35.5. The van der Waals surface area contributed by atoms with E-state index < -0.39 is 0 Å². The minimum atomic E-state index is -0.327. The summed E-state index contributed by atoms with van der Waals surface area (Å²) in [5.41, 5.74) is 0.399. The SMILES string of the molecule is CCCN(CCC)c1cn[nH]c(=O)c1Cl. The largest absolute Gasteiger partial charge is 0.369 e. The minimum absolute atomic E-state index is 0.229. The first kappa shape index (κ1) is 12.0. The Kier molecular flexibility index (Phi) is 4.62. The van der Waals surface area contributed by atoms with Crippen LogP contribution in [0, 0.1) is 0 Å². The van der Waals surface area contributed by atoms with E-state index >= 15 is 0 Å². The first-order valence-electron chi connectivity index (χ1n) is 5.18. The second-order valence-electron chi connectivity index (χ2n) is 3.39. The molecule has 0 fully saturated rings. The molecular weight excluding hydrogens is 214 g/mol. The molecule has 0 aromatic carbocycles. The first-order chi connectivity index (χ1) is 7.20. The van der Waals surface area contributed by atoms with Gasteiger partial charge < -0.3 is 4.90 Å². The van der Waals surface area contributed by atoms with Gasteiger partial charge >= 0.3 is 0 Å². The third kappa shape index (κ3) is 2.96. The molecule has 0 atom stereocenters. The van der Waals surface area contributed by atoms with Crippen molar-refractivity contribution in [1.82, 2.24) is 10.2 Å². The summed E-state index contributed by atoms with van der Waals surface area (Å²) in [5, 5.41) is 6.31. The summed E-state index contributed by atoms with van der Waals surface area (Å²) in [6.07, 6.45) is 3.64. The third-order valence-electron chi connectivity index (χ3n) is 2.10. The van der Waals surface area contributed by atoms with Gasteiger partial charge in [0.05, 0.1) is 11.9 Å². The molecule has 84 valence electrons. The molecule has 0 spiro atoms. The average Bonchev–Trinajstić information content (AvgIpc) is 2.22. The van der Waals surface area contributed by atoms with Crippen LogP contribution < -0.4 is 10.5 Å². The van der Waals surface area contributed by atoms with Crippen LogP contribution >= 0.6 is 11.6 Å². The molecule has 0 saturated carbocycles. The van der Waals surface area contributed by atoms with E-state index in [9.17, 15) is 4.79 Å². The molecule has 0 aliphatic heterocycles. The van der Waals surface area contributed by atoms with Gasteiger partial charge in [0.15, 0.2) is 0 Å². The van der Waals surface area contributed by atoms with Crippen molar-refractivity contribution in [3.8, 4) is 0 Å². The lowest BCUT2D eigenvalue weighted by Gasteiger charge is -2.23. The van der Waals surface area contributed by atoms with Crippen LogP contribution in [-0.4, -0.2) is 23.3 Å². The Morgan fingerprint density at radius 1 is 1.40 bits per heavy atom. The Balaban J connectivity index is 2.99. The van der Waals surface area contributed by atoms with Crippen LogP contribution in [0.25, 0.3) is 0 Å². The maximum atomic E-state index is 11.3. The predicted octanol–water partition coefficient (Wildman–Crippen LogP) is 2.05. The van der Waals surface area contributed by atoms with Crippen LogP contribution in [0.1, 0.15) is 26.7 Å². The van der Waals surface area contributed by atoms with Gasteiger partial charge in [0, 0.05) is 13.1 Å². The fraction of sp³-hybridized carbons (Fsp3) is 0.600. The van der Waals surface area contributed by atoms with Crippen LogP contribution in [-0.2, 0) is 0 Å². The van der Waals surface area contributed by atoms with E-state index in [4.69, 9.17) is 11.6 Å². The van der Waals surface area contributed by atoms with E-state index in [1.165, 1.54) is 0 Å². The molecule has 4 nitrogen and oxygen atoms in total. The Hall–Kier alpha value is -1.03. The normalized spacial score (nSPS) is 10.3. The number of anilines is 1. The predicted molar refractivity (Wildman–Crippen MR) is 62.7 cm³/mol. The van der Waals surface area contributed by atoms with Crippen molar-refractivity contribution >= 4 is 17.3 Å². The van der Waals surface area contributed by atoms with Crippen molar-refractivity contribution in [3.05, 3.63) is 21.6 Å². The molecule has 1 aromatic rings. The standard InChI is InChI=1S/C10H16ClN3O/c1-3-5-14(6-4-2)8-7-12-13-10(15)9(8)11/h7H,3-6H2,1-2H3,(H,13,15). The maximum absolute atomic E-state index is 11.3. The highest BCUT2D eigenvalue weighted by Gasteiger charge is 2.11. The van der Waals surface area contributed by atoms with Gasteiger partial charge in [0.25, 0.3) is 5.56 Å². The number of hydrogen-bond acceptors (Lipinski definition) is 3. The lowest BCUT2D eigenvalue weighted by molar-refractivity contribution is 0.739. The molecule has 0 bridgehead atoms. The van der Waals surface area contributed by atoms with E-state index in [-0.39, 0.29) is 10.6 Å². The highest BCUT2D eigenvalue weighted by Crippen LogP contribution is 2.20. The first-order valence-corrected chi connectivity index (χ1v) is 5.56. The summed E-state index contributed by atoms with van der Waals surface area (Å²) in [6.45, 7) is 5.96. The molecule has 1 heterocycles. The summed E-state index contributed by atoms with van der Waals surface area (Å²) in [6, 6.07) is 0. The number of nitrogens with zero attached hydrogens (tertiary/aromatic N) is 2. The second kappa shape index (κ2) is 5.75. The van der Waals surface area contributed by atoms with E-state index in [1.54, 1.807) is 6.20 Å². The number of rotatable bonds is 5. The summed E-state index contributed by atoms with van der Waals surface area (Å²) in [4.78, 5) is 13.4. The Morgan fingerprint density at radius 2 is 2.00 bits per heavy atom. The van der Waals surface area contributed by atoms with Gasteiger partial charge in [-0.1, -0.05) is 25.4 Å². The molecule has 5 heteroatoms. The molecule has 1 rings (SSSR count). The van der Waals surface area contributed by atoms with Gasteiger partial charge in [-0.3, -0.25) is 4.79 Å². The fourth-order valence-corrected chi connectivity index (χ4v) is 1.70. The van der Waals surface area contributed by atoms with Gasteiger partial charge in [-0.15, -0.1) is 0 Å². The lowest BCUT2D eigenvalue weighted by atomic mass is 10.3. The van der Waals surface area contributed by atoms with Crippen LogP contribution in [0.3, 0.4) is 0 Å². The highest BCUT2D eigenvalue weighted by molar-refractivity contribution is 6.32. The molecule has 0 unspecified atom stereocenters. The number of halogens is 1. The molecule has 0 aliphatic rings. The number of H-pyrrole nitrogens is 1. The van der Waals surface area contributed by atoms with Crippen LogP contribution in [0.4, 0.5) is 5.69 Å². The van der Waals surface area contributed by atoms with Crippen LogP contribution in [0.15, 0.2) is 11.0 Å². The number of nitrogens with one attached hydrogen (secondary N) is 1. The zero-order valence-electron chi connectivity index (χ0n) is 9.09. The average molecular weight is 230 g/mol. The molecule has 1 aromatic heterocycles. The van der Waals surface area contributed by atoms with Crippen molar-refractivity contribution in [2.75, 3.05) is 18.0 Å². The monoisotopic (exact) mass is 229 g/mol. The summed E-state index contributed by atoms with van der Waals surface area (Å²) < 4.78 is 0. The Bertz CT molecular complexity index is 358. The fourth-order valence-electron chi connectivity index (χ4n) is 1.49. The van der Waals surface area contributed by atoms with Crippen molar-refractivity contribution in [3.63, 3.8) is 0 Å². The Labute approximate surface area is 94.3 Å². The van der Waals surface area contributed by atoms with Crippen molar-refractivity contribution in [2.45, 2.75) is 26.7 Å². The molecule has 0 aliphatic carbocycles. The summed E-state index contributed by atoms with van der Waals surface area (Å²) >= 11 is 5.93. The van der Waals surface area contributed by atoms with E-state index in [0.717, 1.165) is 31.6 Å². The summed E-state index contributed by atoms with van der Waals surface area (Å²) in [5.74, 6) is 0. The van der Waals surface area contributed by atoms with Crippen LogP contribution in [0.2, 0.25) is 5.02 Å². The molecular formula is C10H16ClN3O. The van der Waals surface area contributed by atoms with Crippen molar-refractivity contribution in [2.24, 2.45) is 0 Å². The minimum Gasteiger partial charge on any atom is -0.369 e. The van der Waals surface area contributed by atoms with Crippen LogP contribution in [0.5, 0.6) is 0 Å². The number of aromatic amines is 1. The van der Waals surface area contributed by atoms with E-state index in [1.807, 2.05) is 0 Å². The number of hydrogen-bond donors (Lipinski definition) is 1. The van der Waals surface area contributed by atoms with Gasteiger partial charge in [-0.2, -0.15) is 5.10 Å². The smallest absolute Gasteiger partial charge is 0.285 e. The third-order valence-corrected chi connectivity index (χ3v) is 2.47. The second-order valence-corrected chi connectivity index (χ2v) is 3.76. The summed E-state index contributed by atoms with van der Waals surface area (Å²) in [7, 11) is 0. The maximum Gasteiger partial charge on any atom is 0.285 e. The van der Waals surface area contributed by atoms with Crippen molar-refractivity contribution in [1.29, 1.82) is 0 Å². The van der Waals surface area contributed by atoms with Gasteiger partial charge in [-0.05, 0) is 12.8 Å².